The van der Waals surface area contributed by atoms with Gasteiger partial charge in [0, 0.05) is 76.1 Å². The minimum Gasteiger partial charge on any atom is -0.379 e. The normalized spacial score (nSPS) is 15.5. The number of carbonyl (C=O) groups excluding carboxylic acids is 7. The minimum absolute atomic E-state index is 0.00497. The van der Waals surface area contributed by atoms with E-state index in [4.69, 9.17) is 15.9 Å². The number of imide groups is 2. The van der Waals surface area contributed by atoms with Crippen molar-refractivity contribution in [2.24, 2.45) is 0 Å². The lowest BCUT2D eigenvalue weighted by Crippen LogP contribution is -2.47. The number of ether oxygens (including phenoxy) is 2. The van der Waals surface area contributed by atoms with Gasteiger partial charge < -0.3 is 25.4 Å². The van der Waals surface area contributed by atoms with E-state index in [1.54, 1.807) is 12.1 Å². The summed E-state index contributed by atoms with van der Waals surface area (Å²) in [5.74, 6) is 1.32. The highest BCUT2D eigenvalue weighted by Gasteiger charge is 2.38. The average molecular weight is 700 g/mol. The first kappa shape index (κ1) is 39.2. The molecular formula is C34H45N5O9S. The maximum atomic E-state index is 12.6. The summed E-state index contributed by atoms with van der Waals surface area (Å²) >= 11 is 1.27. The minimum atomic E-state index is -0.548. The Bertz CT molecular complexity index is 1360. The smallest absolute Gasteiger partial charge is 0.242 e. The Kier molecular flexibility index (Phi) is 17.3. The number of hydrogen-bond donors (Lipinski definition) is 3. The molecule has 14 nitrogen and oxygen atoms in total. The second kappa shape index (κ2) is 21.7. The molecule has 266 valence electrons. The molecule has 2 aliphatic heterocycles. The van der Waals surface area contributed by atoms with Gasteiger partial charge in [-0.15, -0.1) is 24.1 Å². The van der Waals surface area contributed by atoms with Crippen molar-refractivity contribution >= 4 is 58.8 Å². The topological polar surface area (TPSA) is 181 Å². The fourth-order valence-electron chi connectivity index (χ4n) is 4.81. The van der Waals surface area contributed by atoms with E-state index >= 15 is 0 Å². The third-order valence-corrected chi connectivity index (χ3v) is 8.87. The predicted molar refractivity (Wildman–Crippen MR) is 182 cm³/mol. The van der Waals surface area contributed by atoms with Crippen molar-refractivity contribution in [3.8, 4) is 12.3 Å². The summed E-state index contributed by atoms with van der Waals surface area (Å²) < 4.78 is 10.9. The molecule has 1 aromatic carbocycles. The Morgan fingerprint density at radius 2 is 1.57 bits per heavy atom. The van der Waals surface area contributed by atoms with Crippen LogP contribution in [0.5, 0.6) is 0 Å². The zero-order valence-corrected chi connectivity index (χ0v) is 28.5. The van der Waals surface area contributed by atoms with E-state index in [9.17, 15) is 33.6 Å². The summed E-state index contributed by atoms with van der Waals surface area (Å²) in [5, 5.41) is 7.70. The summed E-state index contributed by atoms with van der Waals surface area (Å²) in [7, 11) is 0. The summed E-state index contributed by atoms with van der Waals surface area (Å²) in [6.07, 6.45) is 8.12. The molecule has 2 aliphatic rings. The number of nitrogens with one attached hydrogen (secondary N) is 3. The zero-order valence-electron chi connectivity index (χ0n) is 27.7. The number of terminal acetylenes is 1. The number of aryl methyl sites for hydroxylation is 1. The van der Waals surface area contributed by atoms with Crippen LogP contribution in [0.1, 0.15) is 56.9 Å². The molecule has 49 heavy (non-hydrogen) atoms. The van der Waals surface area contributed by atoms with Crippen molar-refractivity contribution in [2.75, 3.05) is 63.7 Å². The van der Waals surface area contributed by atoms with E-state index in [2.05, 4.69) is 21.9 Å². The van der Waals surface area contributed by atoms with Gasteiger partial charge in [0.2, 0.25) is 41.4 Å². The number of benzene rings is 1. The molecule has 1 unspecified atom stereocenters. The molecule has 7 amide bonds. The maximum absolute atomic E-state index is 12.6. The fourth-order valence-corrected chi connectivity index (χ4v) is 5.93. The SMILES string of the molecule is C#CCCCNC(=O)CCSC1CC(=O)N(CCC(=O)NCCOCCOCCC(=O)Nc2ccc(CCC(=O)N3CCC3=O)cc2)C1=O. The van der Waals surface area contributed by atoms with Crippen molar-refractivity contribution < 1.29 is 43.0 Å². The van der Waals surface area contributed by atoms with Crippen molar-refractivity contribution in [3.63, 3.8) is 0 Å². The van der Waals surface area contributed by atoms with Crippen LogP contribution in [0.15, 0.2) is 24.3 Å². The van der Waals surface area contributed by atoms with Crippen LogP contribution in [0.25, 0.3) is 0 Å². The van der Waals surface area contributed by atoms with E-state index in [0.29, 0.717) is 50.2 Å². The van der Waals surface area contributed by atoms with Gasteiger partial charge >= 0.3 is 0 Å². The number of hydrogen-bond acceptors (Lipinski definition) is 10. The molecule has 2 saturated heterocycles. The van der Waals surface area contributed by atoms with Gasteiger partial charge in [0.25, 0.3) is 0 Å². The number of thioether (sulfide) groups is 1. The Labute approximate surface area is 290 Å². The van der Waals surface area contributed by atoms with Gasteiger partial charge in [0.1, 0.15) is 0 Å². The highest BCUT2D eigenvalue weighted by molar-refractivity contribution is 8.00. The van der Waals surface area contributed by atoms with Crippen LogP contribution in [-0.4, -0.2) is 115 Å². The lowest BCUT2D eigenvalue weighted by atomic mass is 10.1. The number of carbonyl (C=O) groups is 7. The summed E-state index contributed by atoms with van der Waals surface area (Å²) in [6, 6.07) is 7.19. The Hall–Kier alpha value is -4.26. The molecule has 3 N–H and O–H groups in total. The molecule has 0 aliphatic carbocycles. The molecule has 2 fully saturated rings. The van der Waals surface area contributed by atoms with Crippen LogP contribution in [0.2, 0.25) is 0 Å². The quantitative estimate of drug-likeness (QED) is 0.0646. The number of unbranched alkanes of at least 4 members (excludes halogenated alkanes) is 1. The second-order valence-corrected chi connectivity index (χ2v) is 12.7. The maximum Gasteiger partial charge on any atom is 0.242 e. The number of amides is 7. The molecule has 2 heterocycles. The number of β-lactam (4-membered cyclic amide) rings is 1. The standard InChI is InChI=1S/C34H45N5O9S/c1-2-3-4-15-35-29(41)14-23-49-27-24-33(45)39(34(27)46)17-11-28(40)36-16-20-48-22-21-47-19-13-30(42)37-26-8-5-25(6-9-26)7-10-31(43)38-18-12-32(38)44/h1,5-6,8-9,27H,3-4,7,10-24H2,(H,35,41)(H,36,40)(H,37,42). The number of nitrogens with zero attached hydrogens (tertiary/aromatic N) is 2. The third kappa shape index (κ3) is 14.4. The zero-order chi connectivity index (χ0) is 35.4. The fraction of sp³-hybridized carbons (Fsp3) is 0.559. The van der Waals surface area contributed by atoms with Gasteiger partial charge in [0.05, 0.1) is 38.1 Å². The number of likely N-dealkylation sites (tertiary alicyclic amines) is 2. The molecular weight excluding hydrogens is 654 g/mol. The first-order valence-corrected chi connectivity index (χ1v) is 17.5. The summed E-state index contributed by atoms with van der Waals surface area (Å²) in [5.41, 5.74) is 1.57. The molecule has 0 radical (unpaired) electrons. The van der Waals surface area contributed by atoms with E-state index in [1.807, 2.05) is 12.1 Å². The first-order valence-electron chi connectivity index (χ1n) is 16.5. The average Bonchev–Trinajstić information content (AvgIpc) is 3.34. The van der Waals surface area contributed by atoms with Crippen LogP contribution in [-0.2, 0) is 49.5 Å². The van der Waals surface area contributed by atoms with Crippen LogP contribution < -0.4 is 16.0 Å². The number of anilines is 1. The van der Waals surface area contributed by atoms with Gasteiger partial charge in [0.15, 0.2) is 0 Å². The summed E-state index contributed by atoms with van der Waals surface area (Å²) in [6.45, 7) is 2.24. The van der Waals surface area contributed by atoms with Gasteiger partial charge in [-0.25, -0.2) is 0 Å². The molecule has 0 saturated carbocycles. The molecule has 1 atom stereocenters. The monoisotopic (exact) mass is 699 g/mol. The van der Waals surface area contributed by atoms with E-state index < -0.39 is 5.25 Å². The Morgan fingerprint density at radius 3 is 2.27 bits per heavy atom. The molecule has 3 rings (SSSR count). The van der Waals surface area contributed by atoms with Crippen molar-refractivity contribution in [1.29, 1.82) is 0 Å². The second-order valence-electron chi connectivity index (χ2n) is 11.4. The van der Waals surface area contributed by atoms with E-state index in [0.717, 1.165) is 10.5 Å². The molecule has 0 aromatic heterocycles. The Balaban J connectivity index is 1.14. The van der Waals surface area contributed by atoms with Gasteiger partial charge in [-0.3, -0.25) is 43.4 Å². The lowest BCUT2D eigenvalue weighted by Gasteiger charge is -2.28. The van der Waals surface area contributed by atoms with Gasteiger partial charge in [-0.1, -0.05) is 12.1 Å². The van der Waals surface area contributed by atoms with Gasteiger partial charge in [-0.2, -0.15) is 0 Å². The van der Waals surface area contributed by atoms with Gasteiger partial charge in [-0.05, 0) is 30.5 Å². The number of rotatable bonds is 23. The molecule has 0 spiro atoms. The highest BCUT2D eigenvalue weighted by atomic mass is 32.2. The molecule has 15 heteroatoms. The van der Waals surface area contributed by atoms with E-state index in [-0.39, 0.29) is 113 Å². The van der Waals surface area contributed by atoms with Crippen molar-refractivity contribution in [1.82, 2.24) is 20.4 Å². The van der Waals surface area contributed by atoms with Crippen molar-refractivity contribution in [3.05, 3.63) is 29.8 Å². The predicted octanol–water partition coefficient (Wildman–Crippen LogP) is 1.03. The van der Waals surface area contributed by atoms with Crippen LogP contribution in [0.3, 0.4) is 0 Å². The largest absolute Gasteiger partial charge is 0.379 e. The highest BCUT2D eigenvalue weighted by Crippen LogP contribution is 2.26. The van der Waals surface area contributed by atoms with Crippen LogP contribution >= 0.6 is 11.8 Å². The van der Waals surface area contributed by atoms with Crippen LogP contribution in [0, 0.1) is 12.3 Å². The van der Waals surface area contributed by atoms with Crippen molar-refractivity contribution in [2.45, 2.75) is 63.0 Å². The first-order chi connectivity index (χ1) is 23.7. The lowest BCUT2D eigenvalue weighted by molar-refractivity contribution is -0.152. The molecule has 1 aromatic rings. The summed E-state index contributed by atoms with van der Waals surface area (Å²) in [4.78, 5) is 86.9. The molecule has 0 bridgehead atoms. The van der Waals surface area contributed by atoms with E-state index in [1.165, 1.54) is 16.7 Å². The third-order valence-electron chi connectivity index (χ3n) is 7.66. The van der Waals surface area contributed by atoms with Crippen LogP contribution in [0.4, 0.5) is 5.69 Å². The Morgan fingerprint density at radius 1 is 0.857 bits per heavy atom.